The quantitative estimate of drug-likeness (QED) is 0.339. The van der Waals surface area contributed by atoms with Crippen molar-refractivity contribution in [2.75, 3.05) is 18.2 Å². The van der Waals surface area contributed by atoms with E-state index in [2.05, 4.69) is 10.3 Å². The maximum absolute atomic E-state index is 13.8. The summed E-state index contributed by atoms with van der Waals surface area (Å²) in [4.78, 5) is 30.2. The molecular weight excluding hydrogens is 437 g/mol. The van der Waals surface area contributed by atoms with E-state index < -0.39 is 0 Å². The van der Waals surface area contributed by atoms with Crippen LogP contribution >= 0.6 is 23.1 Å². The van der Waals surface area contributed by atoms with Gasteiger partial charge in [0.05, 0.1) is 24.1 Å². The third-order valence-electron chi connectivity index (χ3n) is 4.53. The second-order valence-corrected chi connectivity index (χ2v) is 8.53. The van der Waals surface area contributed by atoms with Gasteiger partial charge in [0.1, 0.15) is 16.3 Å². The minimum Gasteiger partial charge on any atom is -0.497 e. The zero-order valence-corrected chi connectivity index (χ0v) is 18.3. The number of anilines is 1. The van der Waals surface area contributed by atoms with Crippen LogP contribution in [0.15, 0.2) is 63.9 Å². The molecule has 9 heteroatoms. The number of thiophene rings is 1. The standard InChI is InChI=1S/C22H18FN3O3S2/c1-13-10-15(6-7-17(13)23)26-21(28)20-18(8-9-30-20)25-22(26)31-12-19(27)24-14-4-3-5-16(11-14)29-2/h3-11H,12H2,1-2H3,(H,24,27). The molecule has 0 atom stereocenters. The lowest BCUT2D eigenvalue weighted by molar-refractivity contribution is -0.113. The van der Waals surface area contributed by atoms with Crippen LogP contribution in [-0.2, 0) is 4.79 Å². The molecule has 0 aliphatic carbocycles. The van der Waals surface area contributed by atoms with Crippen LogP contribution in [0.25, 0.3) is 15.9 Å². The first-order chi connectivity index (χ1) is 15.0. The highest BCUT2D eigenvalue weighted by Crippen LogP contribution is 2.25. The smallest absolute Gasteiger partial charge is 0.276 e. The minimum atomic E-state index is -0.353. The van der Waals surface area contributed by atoms with Gasteiger partial charge >= 0.3 is 0 Å². The number of nitrogens with zero attached hydrogens (tertiary/aromatic N) is 2. The Bertz CT molecular complexity index is 1330. The second kappa shape index (κ2) is 8.91. The summed E-state index contributed by atoms with van der Waals surface area (Å²) in [5.41, 5.74) is 1.85. The van der Waals surface area contributed by atoms with Crippen LogP contribution in [0.2, 0.25) is 0 Å². The van der Waals surface area contributed by atoms with Crippen molar-refractivity contribution in [3.8, 4) is 11.4 Å². The van der Waals surface area contributed by atoms with Crippen molar-refractivity contribution in [3.63, 3.8) is 0 Å². The van der Waals surface area contributed by atoms with E-state index in [9.17, 15) is 14.0 Å². The molecule has 1 amide bonds. The van der Waals surface area contributed by atoms with Crippen molar-refractivity contribution in [1.82, 2.24) is 9.55 Å². The molecule has 0 unspecified atom stereocenters. The number of carbonyl (C=O) groups is 1. The number of fused-ring (bicyclic) bond motifs is 1. The highest BCUT2D eigenvalue weighted by molar-refractivity contribution is 7.99. The van der Waals surface area contributed by atoms with Gasteiger partial charge in [-0.3, -0.25) is 14.2 Å². The van der Waals surface area contributed by atoms with Gasteiger partial charge in [-0.05, 0) is 54.3 Å². The zero-order chi connectivity index (χ0) is 22.0. The molecule has 0 spiro atoms. The summed E-state index contributed by atoms with van der Waals surface area (Å²) in [6, 6.07) is 13.3. The lowest BCUT2D eigenvalue weighted by atomic mass is 10.2. The number of halogens is 1. The van der Waals surface area contributed by atoms with Crippen LogP contribution in [0.3, 0.4) is 0 Å². The molecular formula is C22H18FN3O3S2. The third kappa shape index (κ3) is 4.47. The molecule has 6 nitrogen and oxygen atoms in total. The van der Waals surface area contributed by atoms with Crippen molar-refractivity contribution in [1.29, 1.82) is 0 Å². The van der Waals surface area contributed by atoms with E-state index in [0.29, 0.717) is 38.1 Å². The molecule has 31 heavy (non-hydrogen) atoms. The number of hydrogen-bond acceptors (Lipinski definition) is 6. The normalized spacial score (nSPS) is 10.9. The Balaban J connectivity index is 1.64. The predicted molar refractivity (Wildman–Crippen MR) is 122 cm³/mol. The minimum absolute atomic E-state index is 0.0411. The van der Waals surface area contributed by atoms with E-state index in [1.807, 2.05) is 0 Å². The molecule has 4 aromatic rings. The first-order valence-corrected chi connectivity index (χ1v) is 11.2. The summed E-state index contributed by atoms with van der Waals surface area (Å²) in [6.45, 7) is 1.63. The van der Waals surface area contributed by atoms with E-state index >= 15 is 0 Å². The molecule has 158 valence electrons. The maximum Gasteiger partial charge on any atom is 0.276 e. The van der Waals surface area contributed by atoms with Crippen LogP contribution in [0.5, 0.6) is 5.75 Å². The number of ether oxygens (including phenoxy) is 1. The van der Waals surface area contributed by atoms with Crippen molar-refractivity contribution in [3.05, 3.63) is 75.6 Å². The number of thioether (sulfide) groups is 1. The number of methoxy groups -OCH3 is 1. The Morgan fingerprint density at radius 1 is 1.26 bits per heavy atom. The van der Waals surface area contributed by atoms with Crippen molar-refractivity contribution < 1.29 is 13.9 Å². The topological polar surface area (TPSA) is 73.2 Å². The number of aryl methyl sites for hydroxylation is 1. The van der Waals surface area contributed by atoms with Gasteiger partial charge in [-0.1, -0.05) is 17.8 Å². The number of benzene rings is 2. The van der Waals surface area contributed by atoms with Gasteiger partial charge in [0.15, 0.2) is 5.16 Å². The Kier molecular flexibility index (Phi) is 6.06. The zero-order valence-electron chi connectivity index (χ0n) is 16.7. The molecule has 2 heterocycles. The van der Waals surface area contributed by atoms with Gasteiger partial charge in [0.25, 0.3) is 5.56 Å². The average Bonchev–Trinajstić information content (AvgIpc) is 3.24. The summed E-state index contributed by atoms with van der Waals surface area (Å²) >= 11 is 2.44. The van der Waals surface area contributed by atoms with Gasteiger partial charge in [0, 0.05) is 11.8 Å². The van der Waals surface area contributed by atoms with E-state index in [-0.39, 0.29) is 23.0 Å². The number of rotatable bonds is 6. The molecule has 0 saturated carbocycles. The highest BCUT2D eigenvalue weighted by Gasteiger charge is 2.16. The highest BCUT2D eigenvalue weighted by atomic mass is 32.2. The van der Waals surface area contributed by atoms with Crippen LogP contribution in [0, 0.1) is 12.7 Å². The van der Waals surface area contributed by atoms with Crippen molar-refractivity contribution >= 4 is 44.9 Å². The number of aromatic nitrogens is 2. The molecule has 1 N–H and O–H groups in total. The number of hydrogen-bond donors (Lipinski definition) is 1. The van der Waals surface area contributed by atoms with Crippen LogP contribution in [0.1, 0.15) is 5.56 Å². The van der Waals surface area contributed by atoms with Gasteiger partial charge in [-0.2, -0.15) is 0 Å². The lowest BCUT2D eigenvalue weighted by Gasteiger charge is -2.13. The van der Waals surface area contributed by atoms with Gasteiger partial charge in [-0.25, -0.2) is 9.37 Å². The third-order valence-corrected chi connectivity index (χ3v) is 6.36. The van der Waals surface area contributed by atoms with Crippen molar-refractivity contribution in [2.45, 2.75) is 12.1 Å². The number of nitrogens with one attached hydrogen (secondary N) is 1. The summed E-state index contributed by atoms with van der Waals surface area (Å²) in [6.07, 6.45) is 0. The van der Waals surface area contributed by atoms with E-state index in [4.69, 9.17) is 4.74 Å². The van der Waals surface area contributed by atoms with Gasteiger partial charge < -0.3 is 10.1 Å². The monoisotopic (exact) mass is 455 g/mol. The fraction of sp³-hybridized carbons (Fsp3) is 0.136. The maximum atomic E-state index is 13.8. The first-order valence-electron chi connectivity index (χ1n) is 9.30. The Labute approximate surface area is 185 Å². The first kappa shape index (κ1) is 21.1. The largest absolute Gasteiger partial charge is 0.497 e. The second-order valence-electron chi connectivity index (χ2n) is 6.67. The molecule has 0 bridgehead atoms. The molecule has 0 fully saturated rings. The summed E-state index contributed by atoms with van der Waals surface area (Å²) in [7, 11) is 1.56. The fourth-order valence-electron chi connectivity index (χ4n) is 3.01. The Morgan fingerprint density at radius 3 is 2.87 bits per heavy atom. The van der Waals surface area contributed by atoms with Crippen LogP contribution < -0.4 is 15.6 Å². The van der Waals surface area contributed by atoms with Crippen LogP contribution in [0.4, 0.5) is 10.1 Å². The molecule has 0 radical (unpaired) electrons. The summed E-state index contributed by atoms with van der Waals surface area (Å²) in [5.74, 6) is 0.0727. The molecule has 0 aliphatic rings. The Morgan fingerprint density at radius 2 is 2.10 bits per heavy atom. The van der Waals surface area contributed by atoms with Gasteiger partial charge in [0.2, 0.25) is 5.91 Å². The van der Waals surface area contributed by atoms with Crippen molar-refractivity contribution in [2.24, 2.45) is 0 Å². The molecule has 2 aromatic heterocycles. The lowest BCUT2D eigenvalue weighted by Crippen LogP contribution is -2.22. The Hall–Kier alpha value is -3.17. The van der Waals surface area contributed by atoms with Gasteiger partial charge in [-0.15, -0.1) is 11.3 Å². The predicted octanol–water partition coefficient (Wildman–Crippen LogP) is 4.63. The SMILES string of the molecule is COc1cccc(NC(=O)CSc2nc3ccsc3c(=O)n2-c2ccc(F)c(C)c2)c1. The average molecular weight is 456 g/mol. The molecule has 0 saturated heterocycles. The van der Waals surface area contributed by atoms with E-state index in [1.165, 1.54) is 28.0 Å². The summed E-state index contributed by atoms with van der Waals surface area (Å²) < 4.78 is 20.9. The molecule has 0 aliphatic heterocycles. The number of amides is 1. The molecule has 4 rings (SSSR count). The fourth-order valence-corrected chi connectivity index (χ4v) is 4.58. The van der Waals surface area contributed by atoms with E-state index in [1.54, 1.807) is 55.8 Å². The molecule has 2 aromatic carbocycles. The van der Waals surface area contributed by atoms with Crippen LogP contribution in [-0.4, -0.2) is 28.3 Å². The number of carbonyl (C=O) groups excluding carboxylic acids is 1. The van der Waals surface area contributed by atoms with E-state index in [0.717, 1.165) is 11.8 Å². The summed E-state index contributed by atoms with van der Waals surface area (Å²) in [5, 5.41) is 4.97.